The molecule has 7 nitrogen and oxygen atoms in total. The van der Waals surface area contributed by atoms with E-state index in [1.165, 1.54) is 0 Å². The lowest BCUT2D eigenvalue weighted by molar-refractivity contribution is 0.102. The molecule has 6 rings (SSSR count). The minimum absolute atomic E-state index is 0.186. The fourth-order valence-corrected chi connectivity index (χ4v) is 3.89. The van der Waals surface area contributed by atoms with Crippen molar-refractivity contribution in [2.24, 2.45) is 0 Å². The lowest BCUT2D eigenvalue weighted by atomic mass is 10.1. The summed E-state index contributed by atoms with van der Waals surface area (Å²) < 4.78 is 0. The molecular weight excluding hydrogens is 412 g/mol. The Balaban J connectivity index is 1.36. The number of carbonyl (C=O) groups excluding carboxylic acids is 1. The van der Waals surface area contributed by atoms with Gasteiger partial charge in [0.15, 0.2) is 0 Å². The van der Waals surface area contributed by atoms with E-state index in [0.29, 0.717) is 11.3 Å². The van der Waals surface area contributed by atoms with Crippen molar-refractivity contribution in [2.45, 2.75) is 0 Å². The summed E-state index contributed by atoms with van der Waals surface area (Å²) >= 11 is 0. The molecule has 158 valence electrons. The Morgan fingerprint density at radius 2 is 1.70 bits per heavy atom. The number of anilines is 1. The first-order valence-electron chi connectivity index (χ1n) is 10.5. The van der Waals surface area contributed by atoms with E-state index in [2.05, 4.69) is 37.6 Å². The molecule has 0 aliphatic carbocycles. The molecule has 0 aliphatic rings. The van der Waals surface area contributed by atoms with E-state index in [4.69, 9.17) is 4.98 Å². The number of carbonyl (C=O) groups is 1. The zero-order valence-electron chi connectivity index (χ0n) is 17.4. The topological polar surface area (TPSA) is 99.4 Å². The first kappa shape index (κ1) is 18.9. The molecule has 0 atom stereocenters. The molecule has 3 N–H and O–H groups in total. The molecule has 0 aliphatic heterocycles. The molecule has 0 spiro atoms. The first-order valence-corrected chi connectivity index (χ1v) is 10.5. The molecule has 4 aromatic heterocycles. The Morgan fingerprint density at radius 1 is 0.848 bits per heavy atom. The smallest absolute Gasteiger partial charge is 0.255 e. The predicted octanol–water partition coefficient (Wildman–Crippen LogP) is 5.42. The molecule has 4 heterocycles. The Hall–Kier alpha value is -4.78. The monoisotopic (exact) mass is 430 g/mol. The molecule has 0 saturated carbocycles. The first-order chi connectivity index (χ1) is 16.2. The van der Waals surface area contributed by atoms with Crippen LogP contribution in [0.3, 0.4) is 0 Å². The van der Waals surface area contributed by atoms with Gasteiger partial charge in [0.1, 0.15) is 11.2 Å². The average molecular weight is 430 g/mol. The normalized spacial score (nSPS) is 11.2. The summed E-state index contributed by atoms with van der Waals surface area (Å²) in [4.78, 5) is 25.1. The Bertz CT molecular complexity index is 1580. The maximum atomic E-state index is 12.5. The second kappa shape index (κ2) is 7.72. The molecule has 0 saturated heterocycles. The lowest BCUT2D eigenvalue weighted by Crippen LogP contribution is -2.11. The van der Waals surface area contributed by atoms with Gasteiger partial charge in [0.25, 0.3) is 5.91 Å². The van der Waals surface area contributed by atoms with Crippen LogP contribution >= 0.6 is 0 Å². The van der Waals surface area contributed by atoms with Crippen LogP contribution in [0.5, 0.6) is 0 Å². The number of fused-ring (bicyclic) bond motifs is 2. The number of hydrogen-bond acceptors (Lipinski definition) is 4. The summed E-state index contributed by atoms with van der Waals surface area (Å²) in [6, 6.07) is 25.0. The maximum absolute atomic E-state index is 12.5. The van der Waals surface area contributed by atoms with Gasteiger partial charge in [-0.1, -0.05) is 36.4 Å². The van der Waals surface area contributed by atoms with Gasteiger partial charge in [-0.3, -0.25) is 14.9 Å². The summed E-state index contributed by atoms with van der Waals surface area (Å²) in [5, 5.41) is 11.6. The van der Waals surface area contributed by atoms with Gasteiger partial charge in [0.05, 0.1) is 28.8 Å². The van der Waals surface area contributed by atoms with Gasteiger partial charge in [0, 0.05) is 28.2 Å². The number of aromatic amines is 2. The van der Waals surface area contributed by atoms with Crippen molar-refractivity contribution in [1.82, 2.24) is 25.1 Å². The average Bonchev–Trinajstić information content (AvgIpc) is 3.48. The summed E-state index contributed by atoms with van der Waals surface area (Å²) in [5.74, 6) is -0.186. The highest BCUT2D eigenvalue weighted by Crippen LogP contribution is 2.29. The minimum atomic E-state index is -0.186. The summed E-state index contributed by atoms with van der Waals surface area (Å²) in [6.45, 7) is 0. The van der Waals surface area contributed by atoms with E-state index < -0.39 is 0 Å². The molecule has 0 fully saturated rings. The third-order valence-electron chi connectivity index (χ3n) is 5.52. The van der Waals surface area contributed by atoms with E-state index in [1.54, 1.807) is 24.5 Å². The third-order valence-corrected chi connectivity index (χ3v) is 5.52. The van der Waals surface area contributed by atoms with Crippen LogP contribution in [0, 0.1) is 0 Å². The highest BCUT2D eigenvalue weighted by Gasteiger charge is 2.14. The number of pyridine rings is 2. The number of H-pyrrole nitrogens is 2. The molecule has 0 bridgehead atoms. The zero-order chi connectivity index (χ0) is 22.2. The van der Waals surface area contributed by atoms with Crippen molar-refractivity contribution in [3.05, 3.63) is 96.8 Å². The molecule has 33 heavy (non-hydrogen) atoms. The summed E-state index contributed by atoms with van der Waals surface area (Å²) in [7, 11) is 0. The van der Waals surface area contributed by atoms with Crippen LogP contribution in [-0.2, 0) is 0 Å². The molecule has 6 aromatic rings. The Morgan fingerprint density at radius 3 is 2.58 bits per heavy atom. The van der Waals surface area contributed by atoms with Crippen LogP contribution in [0.1, 0.15) is 10.4 Å². The van der Waals surface area contributed by atoms with Gasteiger partial charge in [-0.2, -0.15) is 5.10 Å². The number of rotatable bonds is 4. The summed E-state index contributed by atoms with van der Waals surface area (Å²) in [6.07, 6.45) is 3.35. The molecule has 2 aromatic carbocycles. The Kier molecular flexibility index (Phi) is 4.43. The largest absolute Gasteiger partial charge is 0.353 e. The van der Waals surface area contributed by atoms with Crippen molar-refractivity contribution in [3.63, 3.8) is 0 Å². The van der Waals surface area contributed by atoms with E-state index in [9.17, 15) is 4.79 Å². The Labute approximate surface area is 188 Å². The molecule has 0 radical (unpaired) electrons. The van der Waals surface area contributed by atoms with Crippen molar-refractivity contribution in [2.75, 3.05) is 5.32 Å². The highest BCUT2D eigenvalue weighted by atomic mass is 16.1. The number of aromatic nitrogens is 5. The molecular formula is C26H18N6O. The standard InChI is InChI=1S/C26H18N6O/c33-26(16-6-2-1-3-7-16)28-19-12-18(14-27-15-19)21-10-11-22-24(30-21)25(32-31-22)23-13-17-8-4-5-9-20(17)29-23/h1-15,29H,(H,28,33)(H,31,32). The van der Waals surface area contributed by atoms with Gasteiger partial charge in [-0.05, 0) is 42.5 Å². The van der Waals surface area contributed by atoms with E-state index in [-0.39, 0.29) is 5.91 Å². The molecule has 1 amide bonds. The fourth-order valence-electron chi connectivity index (χ4n) is 3.89. The highest BCUT2D eigenvalue weighted by molar-refractivity contribution is 6.04. The molecule has 7 heteroatoms. The van der Waals surface area contributed by atoms with Crippen molar-refractivity contribution >= 4 is 33.5 Å². The van der Waals surface area contributed by atoms with Crippen LogP contribution in [0.2, 0.25) is 0 Å². The molecule has 0 unspecified atom stereocenters. The van der Waals surface area contributed by atoms with Crippen molar-refractivity contribution in [1.29, 1.82) is 0 Å². The number of para-hydroxylation sites is 1. The van der Waals surface area contributed by atoms with Gasteiger partial charge in [-0.15, -0.1) is 0 Å². The van der Waals surface area contributed by atoms with Crippen LogP contribution in [0.25, 0.3) is 44.6 Å². The van der Waals surface area contributed by atoms with Crippen LogP contribution in [0.4, 0.5) is 5.69 Å². The van der Waals surface area contributed by atoms with Crippen LogP contribution < -0.4 is 5.32 Å². The predicted molar refractivity (Wildman–Crippen MR) is 129 cm³/mol. The van der Waals surface area contributed by atoms with Crippen LogP contribution in [-0.4, -0.2) is 31.1 Å². The zero-order valence-corrected chi connectivity index (χ0v) is 17.4. The van der Waals surface area contributed by atoms with Crippen molar-refractivity contribution in [3.8, 4) is 22.6 Å². The second-order valence-electron chi connectivity index (χ2n) is 7.72. The second-order valence-corrected chi connectivity index (χ2v) is 7.72. The summed E-state index contributed by atoms with van der Waals surface area (Å²) in [5.41, 5.74) is 7.03. The number of amides is 1. The maximum Gasteiger partial charge on any atom is 0.255 e. The van der Waals surface area contributed by atoms with E-state index >= 15 is 0 Å². The van der Waals surface area contributed by atoms with Gasteiger partial charge in [-0.25, -0.2) is 4.98 Å². The van der Waals surface area contributed by atoms with Gasteiger partial charge in [0.2, 0.25) is 0 Å². The number of nitrogens with one attached hydrogen (secondary N) is 3. The number of hydrogen-bond donors (Lipinski definition) is 3. The number of benzene rings is 2. The quantitative estimate of drug-likeness (QED) is 0.348. The third kappa shape index (κ3) is 3.51. The van der Waals surface area contributed by atoms with Crippen molar-refractivity contribution < 1.29 is 4.79 Å². The number of nitrogens with zero attached hydrogens (tertiary/aromatic N) is 3. The fraction of sp³-hybridized carbons (Fsp3) is 0. The SMILES string of the molecule is O=C(Nc1cncc(-c2ccc3[nH]nc(-c4cc5ccccc5[nH]4)c3n2)c1)c1ccccc1. The van der Waals surface area contributed by atoms with E-state index in [1.807, 2.05) is 54.6 Å². The minimum Gasteiger partial charge on any atom is -0.353 e. The van der Waals surface area contributed by atoms with Crippen LogP contribution in [0.15, 0.2) is 91.3 Å². The van der Waals surface area contributed by atoms with Gasteiger partial charge >= 0.3 is 0 Å². The van der Waals surface area contributed by atoms with Gasteiger partial charge < -0.3 is 10.3 Å². The van der Waals surface area contributed by atoms with E-state index in [0.717, 1.165) is 44.6 Å². The lowest BCUT2D eigenvalue weighted by Gasteiger charge is -2.07.